The fourth-order valence-corrected chi connectivity index (χ4v) is 3.28. The first-order valence-corrected chi connectivity index (χ1v) is 8.84. The number of rotatable bonds is 4. The van der Waals surface area contributed by atoms with Crippen molar-refractivity contribution in [2.45, 2.75) is 6.54 Å². The molecular formula is C22H15FN5Rb. The van der Waals surface area contributed by atoms with Gasteiger partial charge in [0.2, 0.25) is 0 Å². The maximum Gasteiger partial charge on any atom is 1.00 e. The van der Waals surface area contributed by atoms with Gasteiger partial charge in [0.05, 0.1) is 24.1 Å². The minimum Gasteiger partial charge on any atom is -0.350 e. The predicted octanol–water partition coefficient (Wildman–Crippen LogP) is 1.71. The Balaban J connectivity index is 0.00000205. The standard InChI is InChI=1S/C22H15FN5.Rb/c23-17-5-3-4-15(10-17)13-28-21-9-8-18(11-16(21)12-26-28)27-22-19-6-1-2-7-20(19)24-14-25-22;/h2-12,14H,13H2,(H,24,25,27);/q-1;+1. The van der Waals surface area contributed by atoms with Crippen molar-refractivity contribution in [3.05, 3.63) is 90.6 Å². The third-order valence-corrected chi connectivity index (χ3v) is 4.61. The minimum atomic E-state index is -0.241. The Hall–Kier alpha value is -1.99. The summed E-state index contributed by atoms with van der Waals surface area (Å²) in [6.07, 6.45) is 3.35. The summed E-state index contributed by atoms with van der Waals surface area (Å²) in [5.41, 5.74) is 3.62. The molecule has 2 aromatic heterocycles. The van der Waals surface area contributed by atoms with Gasteiger partial charge in [-0.1, -0.05) is 17.5 Å². The average molecular weight is 454 g/mol. The summed E-state index contributed by atoms with van der Waals surface area (Å²) in [5.74, 6) is 0.489. The molecule has 3 aromatic carbocycles. The van der Waals surface area contributed by atoms with Crippen molar-refractivity contribution in [2.24, 2.45) is 0 Å². The van der Waals surface area contributed by atoms with E-state index < -0.39 is 0 Å². The Morgan fingerprint density at radius 1 is 1.07 bits per heavy atom. The van der Waals surface area contributed by atoms with Crippen molar-refractivity contribution in [3.8, 4) is 0 Å². The van der Waals surface area contributed by atoms with Crippen molar-refractivity contribution < 1.29 is 62.6 Å². The van der Waals surface area contributed by atoms with E-state index in [4.69, 9.17) is 0 Å². The molecule has 0 atom stereocenters. The van der Waals surface area contributed by atoms with E-state index in [1.807, 2.05) is 53.3 Å². The van der Waals surface area contributed by atoms with Crippen LogP contribution in [-0.4, -0.2) is 19.7 Å². The molecule has 1 N–H and O–H groups in total. The van der Waals surface area contributed by atoms with Crippen molar-refractivity contribution in [1.82, 2.24) is 19.7 Å². The topological polar surface area (TPSA) is 55.6 Å². The number of nitrogens with one attached hydrogen (secondary N) is 1. The van der Waals surface area contributed by atoms with Gasteiger partial charge in [0.25, 0.3) is 0 Å². The predicted molar refractivity (Wildman–Crippen MR) is 107 cm³/mol. The van der Waals surface area contributed by atoms with E-state index in [0.717, 1.165) is 38.9 Å². The van der Waals surface area contributed by atoms with Gasteiger partial charge in [0.15, 0.2) is 0 Å². The normalized spacial score (nSPS) is 10.8. The van der Waals surface area contributed by atoms with Crippen molar-refractivity contribution in [2.75, 3.05) is 5.32 Å². The fourth-order valence-electron chi connectivity index (χ4n) is 3.28. The SMILES string of the molecule is Fc1cccc(Cn2ncc3cc(Nc4ncnc5cc[c-]cc45)ccc32)c1.[Rb+]. The van der Waals surface area contributed by atoms with E-state index in [9.17, 15) is 4.39 Å². The molecule has 0 aliphatic rings. The summed E-state index contributed by atoms with van der Waals surface area (Å²) in [6.45, 7) is 0.514. The smallest absolute Gasteiger partial charge is 0.350 e. The first kappa shape index (κ1) is 20.3. The molecule has 136 valence electrons. The second-order valence-corrected chi connectivity index (χ2v) is 6.50. The van der Waals surface area contributed by atoms with Crippen LogP contribution in [-0.2, 0) is 6.54 Å². The van der Waals surface area contributed by atoms with Crippen LogP contribution in [0, 0.1) is 11.9 Å². The number of anilines is 2. The summed E-state index contributed by atoms with van der Waals surface area (Å²) < 4.78 is 15.3. The van der Waals surface area contributed by atoms with Gasteiger partial charge in [-0.05, 0) is 41.4 Å². The molecule has 0 aliphatic heterocycles. The van der Waals surface area contributed by atoms with E-state index in [-0.39, 0.29) is 64.0 Å². The largest absolute Gasteiger partial charge is 1.00 e. The quantitative estimate of drug-likeness (QED) is 0.421. The second-order valence-electron chi connectivity index (χ2n) is 6.50. The van der Waals surface area contributed by atoms with Gasteiger partial charge >= 0.3 is 58.2 Å². The van der Waals surface area contributed by atoms with Crippen LogP contribution in [0.3, 0.4) is 0 Å². The zero-order chi connectivity index (χ0) is 18.9. The number of aromatic nitrogens is 4. The van der Waals surface area contributed by atoms with Crippen molar-refractivity contribution in [3.63, 3.8) is 0 Å². The Kier molecular flexibility index (Phi) is 6.15. The monoisotopic (exact) mass is 453 g/mol. The third-order valence-electron chi connectivity index (χ3n) is 4.61. The van der Waals surface area contributed by atoms with E-state index in [2.05, 4.69) is 26.4 Å². The van der Waals surface area contributed by atoms with Crippen LogP contribution in [0.25, 0.3) is 21.8 Å². The van der Waals surface area contributed by atoms with Gasteiger partial charge in [0, 0.05) is 11.1 Å². The van der Waals surface area contributed by atoms with Crippen molar-refractivity contribution in [1.29, 1.82) is 0 Å². The zero-order valence-electron chi connectivity index (χ0n) is 15.8. The van der Waals surface area contributed by atoms with E-state index >= 15 is 0 Å². The number of halogens is 1. The Morgan fingerprint density at radius 2 is 2.00 bits per heavy atom. The molecule has 2 heterocycles. The molecule has 0 aliphatic carbocycles. The molecule has 5 rings (SSSR count). The molecule has 29 heavy (non-hydrogen) atoms. The van der Waals surface area contributed by atoms with Gasteiger partial charge < -0.3 is 5.32 Å². The van der Waals surface area contributed by atoms with Gasteiger partial charge in [-0.3, -0.25) is 9.67 Å². The molecule has 0 bridgehead atoms. The first-order chi connectivity index (χ1) is 13.8. The van der Waals surface area contributed by atoms with Crippen LogP contribution >= 0.6 is 0 Å². The Bertz CT molecular complexity index is 1300. The Morgan fingerprint density at radius 3 is 2.90 bits per heavy atom. The van der Waals surface area contributed by atoms with Crippen LogP contribution in [0.5, 0.6) is 0 Å². The Labute approximate surface area is 215 Å². The first-order valence-electron chi connectivity index (χ1n) is 8.84. The van der Waals surface area contributed by atoms with Gasteiger partial charge in [-0.15, -0.1) is 6.07 Å². The number of nitrogens with zero attached hydrogens (tertiary/aromatic N) is 4. The summed E-state index contributed by atoms with van der Waals surface area (Å²) in [5, 5.41) is 9.70. The fraction of sp³-hybridized carbons (Fsp3) is 0.0455. The van der Waals surface area contributed by atoms with Crippen LogP contribution in [0.1, 0.15) is 5.56 Å². The van der Waals surface area contributed by atoms with E-state index in [1.165, 1.54) is 12.1 Å². The third kappa shape index (κ3) is 4.30. The molecule has 7 heteroatoms. The molecule has 0 unspecified atom stereocenters. The molecular weight excluding hydrogens is 439 g/mol. The molecule has 0 amide bonds. The molecule has 0 saturated carbocycles. The van der Waals surface area contributed by atoms with Crippen molar-refractivity contribution >= 4 is 33.3 Å². The van der Waals surface area contributed by atoms with Crippen LogP contribution in [0.15, 0.2) is 73.2 Å². The van der Waals surface area contributed by atoms with Crippen LogP contribution in [0.2, 0.25) is 0 Å². The minimum absolute atomic E-state index is 0. The summed E-state index contributed by atoms with van der Waals surface area (Å²) in [7, 11) is 0. The van der Waals surface area contributed by atoms with Gasteiger partial charge in [-0.2, -0.15) is 23.3 Å². The summed E-state index contributed by atoms with van der Waals surface area (Å²) in [4.78, 5) is 8.62. The molecule has 0 radical (unpaired) electrons. The summed E-state index contributed by atoms with van der Waals surface area (Å²) >= 11 is 0. The molecule has 5 nitrogen and oxygen atoms in total. The molecule has 0 fully saturated rings. The van der Waals surface area contributed by atoms with E-state index in [1.54, 1.807) is 12.4 Å². The van der Waals surface area contributed by atoms with Crippen LogP contribution < -0.4 is 63.5 Å². The number of hydrogen-bond acceptors (Lipinski definition) is 4. The number of hydrogen-bond donors (Lipinski definition) is 1. The molecule has 0 spiro atoms. The van der Waals surface area contributed by atoms with Gasteiger partial charge in [0.1, 0.15) is 12.1 Å². The molecule has 0 saturated heterocycles. The van der Waals surface area contributed by atoms with Gasteiger partial charge in [-0.25, -0.2) is 9.37 Å². The zero-order valence-corrected chi connectivity index (χ0v) is 20.7. The average Bonchev–Trinajstić information content (AvgIpc) is 3.10. The van der Waals surface area contributed by atoms with Crippen LogP contribution in [0.4, 0.5) is 15.9 Å². The van der Waals surface area contributed by atoms with E-state index in [0.29, 0.717) is 6.54 Å². The number of benzene rings is 3. The molecule has 5 aromatic rings. The maximum absolute atomic E-state index is 13.4. The summed E-state index contributed by atoms with van der Waals surface area (Å²) in [6, 6.07) is 21.2. The number of fused-ring (bicyclic) bond motifs is 2. The maximum atomic E-state index is 13.4. The second kappa shape index (κ2) is 8.79.